The summed E-state index contributed by atoms with van der Waals surface area (Å²) >= 11 is 0. The van der Waals surface area contributed by atoms with Gasteiger partial charge in [-0.05, 0) is 44.9 Å². The zero-order chi connectivity index (χ0) is 23.2. The zero-order valence-electron chi connectivity index (χ0n) is 19.4. The zero-order valence-corrected chi connectivity index (χ0v) is 19.4. The van der Waals surface area contributed by atoms with Gasteiger partial charge < -0.3 is 14.6 Å². The highest BCUT2D eigenvalue weighted by molar-refractivity contribution is 5.85. The predicted molar refractivity (Wildman–Crippen MR) is 123 cm³/mol. The van der Waals surface area contributed by atoms with E-state index < -0.39 is 5.97 Å². The van der Waals surface area contributed by atoms with Crippen molar-refractivity contribution < 1.29 is 24.2 Å². The Morgan fingerprint density at radius 1 is 1.31 bits per heavy atom. The first kappa shape index (κ1) is 26.3. The van der Waals surface area contributed by atoms with Crippen LogP contribution in [0.1, 0.15) is 84.0 Å². The van der Waals surface area contributed by atoms with E-state index in [1.165, 1.54) is 0 Å². The van der Waals surface area contributed by atoms with Gasteiger partial charge in [0, 0.05) is 31.3 Å². The van der Waals surface area contributed by atoms with Crippen molar-refractivity contribution in [2.45, 2.75) is 96.4 Å². The van der Waals surface area contributed by atoms with Crippen LogP contribution >= 0.6 is 0 Å². The second-order valence-electron chi connectivity index (χ2n) is 8.93. The Morgan fingerprint density at radius 2 is 2.16 bits per heavy atom. The van der Waals surface area contributed by atoms with Crippen LogP contribution in [0.5, 0.6) is 0 Å². The Labute approximate surface area is 192 Å². The van der Waals surface area contributed by atoms with Gasteiger partial charge in [-0.15, -0.1) is 0 Å². The Hall–Kier alpha value is -1.97. The molecule has 6 heteroatoms. The molecule has 32 heavy (non-hydrogen) atoms. The van der Waals surface area contributed by atoms with Gasteiger partial charge >= 0.3 is 5.97 Å². The van der Waals surface area contributed by atoms with E-state index in [9.17, 15) is 14.9 Å². The van der Waals surface area contributed by atoms with Crippen LogP contribution in [-0.2, 0) is 19.1 Å². The van der Waals surface area contributed by atoms with Gasteiger partial charge in [-0.2, -0.15) is 5.26 Å². The van der Waals surface area contributed by atoms with Crippen LogP contribution in [0.25, 0.3) is 0 Å². The number of ether oxygens (including phenoxy) is 2. The molecule has 0 radical (unpaired) electrons. The highest BCUT2D eigenvalue weighted by Crippen LogP contribution is 2.38. The summed E-state index contributed by atoms with van der Waals surface area (Å²) in [5, 5.41) is 18.3. The number of carbonyl (C=O) groups is 2. The molecule has 5 atom stereocenters. The molecule has 1 aliphatic heterocycles. The molecule has 1 N–H and O–H groups in total. The van der Waals surface area contributed by atoms with Crippen molar-refractivity contribution in [3.05, 3.63) is 24.3 Å². The number of Topliss-reactive ketones (excluding diaryl/α,β-unsaturated/α-hetero) is 1. The van der Waals surface area contributed by atoms with E-state index in [1.54, 1.807) is 0 Å². The summed E-state index contributed by atoms with van der Waals surface area (Å²) < 4.78 is 12.0. The lowest BCUT2D eigenvalue weighted by molar-refractivity contribution is -0.179. The van der Waals surface area contributed by atoms with Crippen LogP contribution < -0.4 is 0 Å². The van der Waals surface area contributed by atoms with Crippen molar-refractivity contribution >= 4 is 11.8 Å². The number of carbonyl (C=O) groups excluding carboxylic acids is 1. The molecule has 0 bridgehead atoms. The fourth-order valence-corrected chi connectivity index (χ4v) is 4.49. The number of unbranched alkanes of at least 4 members (excludes halogenated alkanes) is 3. The molecule has 1 saturated carbocycles. The van der Waals surface area contributed by atoms with E-state index in [4.69, 9.17) is 14.6 Å². The average molecular weight is 446 g/mol. The number of rotatable bonds is 14. The van der Waals surface area contributed by atoms with Gasteiger partial charge in [0.2, 0.25) is 0 Å². The molecule has 1 aliphatic carbocycles. The first-order chi connectivity index (χ1) is 15.5. The van der Waals surface area contributed by atoms with E-state index >= 15 is 0 Å². The number of carboxylic acids is 1. The number of hydrogen-bond acceptors (Lipinski definition) is 5. The smallest absolute Gasteiger partial charge is 0.303 e. The molecule has 5 unspecified atom stereocenters. The van der Waals surface area contributed by atoms with E-state index in [0.29, 0.717) is 25.7 Å². The first-order valence-electron chi connectivity index (χ1n) is 12.3. The number of ketones is 1. The second kappa shape index (κ2) is 15.0. The molecule has 0 spiro atoms. The number of carboxylic acid groups (broad SMARTS) is 1. The Kier molecular flexibility index (Phi) is 12.3. The molecule has 0 amide bonds. The lowest BCUT2D eigenvalue weighted by atomic mass is 9.86. The number of hydrogen-bond donors (Lipinski definition) is 1. The van der Waals surface area contributed by atoms with Gasteiger partial charge in [0.1, 0.15) is 5.78 Å². The van der Waals surface area contributed by atoms with Crippen LogP contribution in [0, 0.1) is 29.1 Å². The van der Waals surface area contributed by atoms with E-state index in [1.807, 2.05) is 18.2 Å². The SMILES string of the molecule is CCCCCC(C=CC1C(C#N)CC(=O)C1CC=CCCCC(=O)O)OC1CCCCO1. The van der Waals surface area contributed by atoms with Gasteiger partial charge in [0.25, 0.3) is 0 Å². The maximum absolute atomic E-state index is 12.6. The number of allylic oxidation sites excluding steroid dienone is 3. The summed E-state index contributed by atoms with van der Waals surface area (Å²) in [5.74, 6) is -1.26. The van der Waals surface area contributed by atoms with Gasteiger partial charge in [-0.1, -0.05) is 50.5 Å². The molecule has 2 fully saturated rings. The lowest BCUT2D eigenvalue weighted by Gasteiger charge is -2.27. The summed E-state index contributed by atoms with van der Waals surface area (Å²) in [4.78, 5) is 23.2. The second-order valence-corrected chi connectivity index (χ2v) is 8.93. The summed E-state index contributed by atoms with van der Waals surface area (Å²) in [6.45, 7) is 2.92. The van der Waals surface area contributed by atoms with Crippen LogP contribution in [0.4, 0.5) is 0 Å². The molecule has 178 valence electrons. The molecule has 0 aromatic heterocycles. The highest BCUT2D eigenvalue weighted by Gasteiger charge is 2.40. The maximum atomic E-state index is 12.6. The molecule has 6 nitrogen and oxygen atoms in total. The average Bonchev–Trinajstić information content (AvgIpc) is 3.09. The fraction of sp³-hybridized carbons (Fsp3) is 0.731. The van der Waals surface area contributed by atoms with Crippen molar-refractivity contribution in [1.82, 2.24) is 0 Å². The minimum absolute atomic E-state index is 0.0631. The number of nitrogens with zero attached hydrogens (tertiary/aromatic N) is 1. The third-order valence-corrected chi connectivity index (χ3v) is 6.35. The van der Waals surface area contributed by atoms with Crippen molar-refractivity contribution in [3.63, 3.8) is 0 Å². The molecule has 0 aromatic carbocycles. The standard InChI is InChI=1S/C26H39NO5/c1-2-3-6-11-21(32-26-14-9-10-17-31-26)15-16-22-20(19-27)18-24(28)23(22)12-7-4-5-8-13-25(29)30/h4,7,15-16,20-23,26H,2-3,5-6,8-14,17-18H2,1H3,(H,29,30). The Bertz CT molecular complexity index is 674. The summed E-state index contributed by atoms with van der Waals surface area (Å²) in [6.07, 6.45) is 17.5. The molecular formula is C26H39NO5. The van der Waals surface area contributed by atoms with Gasteiger partial charge in [0.15, 0.2) is 6.29 Å². The monoisotopic (exact) mass is 445 g/mol. The quantitative estimate of drug-likeness (QED) is 0.277. The molecule has 2 rings (SSSR count). The number of aliphatic carboxylic acids is 1. The summed E-state index contributed by atoms with van der Waals surface area (Å²) in [5.41, 5.74) is 0. The van der Waals surface area contributed by atoms with Crippen LogP contribution in [-0.4, -0.2) is 35.9 Å². The third kappa shape index (κ3) is 9.26. The minimum atomic E-state index is -0.791. The van der Waals surface area contributed by atoms with E-state index in [2.05, 4.69) is 19.1 Å². The maximum Gasteiger partial charge on any atom is 0.303 e. The van der Waals surface area contributed by atoms with Crippen molar-refractivity contribution in [2.75, 3.05) is 6.61 Å². The fourth-order valence-electron chi connectivity index (χ4n) is 4.49. The van der Waals surface area contributed by atoms with Gasteiger partial charge in [-0.25, -0.2) is 0 Å². The summed E-state index contributed by atoms with van der Waals surface area (Å²) in [6, 6.07) is 2.33. The lowest BCUT2D eigenvalue weighted by Crippen LogP contribution is -2.27. The molecule has 2 aliphatic rings. The Morgan fingerprint density at radius 3 is 2.84 bits per heavy atom. The van der Waals surface area contributed by atoms with E-state index in [-0.39, 0.29) is 42.4 Å². The molecule has 1 saturated heterocycles. The van der Waals surface area contributed by atoms with Crippen molar-refractivity contribution in [2.24, 2.45) is 17.8 Å². The molecule has 1 heterocycles. The van der Waals surface area contributed by atoms with Gasteiger partial charge in [0.05, 0.1) is 18.1 Å². The molecular weight excluding hydrogens is 406 g/mol. The van der Waals surface area contributed by atoms with Crippen molar-refractivity contribution in [3.8, 4) is 6.07 Å². The predicted octanol–water partition coefficient (Wildman–Crippen LogP) is 5.58. The first-order valence-corrected chi connectivity index (χ1v) is 12.3. The summed E-state index contributed by atoms with van der Waals surface area (Å²) in [7, 11) is 0. The van der Waals surface area contributed by atoms with E-state index in [0.717, 1.165) is 51.6 Å². The van der Waals surface area contributed by atoms with Crippen LogP contribution in [0.2, 0.25) is 0 Å². The number of nitriles is 1. The third-order valence-electron chi connectivity index (χ3n) is 6.35. The highest BCUT2D eigenvalue weighted by atomic mass is 16.7. The normalized spacial score (nSPS) is 27.2. The minimum Gasteiger partial charge on any atom is -0.481 e. The topological polar surface area (TPSA) is 96.6 Å². The van der Waals surface area contributed by atoms with Crippen LogP contribution in [0.15, 0.2) is 24.3 Å². The van der Waals surface area contributed by atoms with Crippen molar-refractivity contribution in [1.29, 1.82) is 5.26 Å². The molecule has 0 aromatic rings. The Balaban J connectivity index is 1.99. The largest absolute Gasteiger partial charge is 0.481 e. The van der Waals surface area contributed by atoms with Crippen LogP contribution in [0.3, 0.4) is 0 Å². The van der Waals surface area contributed by atoms with Gasteiger partial charge in [-0.3, -0.25) is 9.59 Å².